The molecule has 1 N–H and O–H groups in total. The van der Waals surface area contributed by atoms with Crippen LogP contribution in [0.3, 0.4) is 0 Å². The van der Waals surface area contributed by atoms with Gasteiger partial charge in [0.2, 0.25) is 0 Å². The van der Waals surface area contributed by atoms with E-state index in [0.717, 1.165) is 69.9 Å². The van der Waals surface area contributed by atoms with Crippen molar-refractivity contribution < 1.29 is 4.48 Å². The van der Waals surface area contributed by atoms with Gasteiger partial charge in [-0.3, -0.25) is 0 Å². The van der Waals surface area contributed by atoms with Gasteiger partial charge in [-0.15, -0.1) is 0 Å². The molecular formula is C59H77N6S2+. The van der Waals surface area contributed by atoms with Gasteiger partial charge in [-0.05, 0) is 119 Å². The summed E-state index contributed by atoms with van der Waals surface area (Å²) < 4.78 is 1.13. The zero-order valence-corrected chi connectivity index (χ0v) is 43.9. The molecule has 8 heteroatoms. The summed E-state index contributed by atoms with van der Waals surface area (Å²) in [6, 6.07) is 46.8. The van der Waals surface area contributed by atoms with Gasteiger partial charge in [-0.2, -0.15) is 0 Å². The van der Waals surface area contributed by atoms with Crippen LogP contribution in [0.25, 0.3) is 0 Å². The number of hydrogen-bond donors (Lipinski definition) is 1. The van der Waals surface area contributed by atoms with Crippen LogP contribution in [0.5, 0.6) is 0 Å². The highest BCUT2D eigenvalue weighted by atomic mass is 32.2. The van der Waals surface area contributed by atoms with Crippen LogP contribution < -0.4 is 20.0 Å². The summed E-state index contributed by atoms with van der Waals surface area (Å²) in [5.41, 5.74) is 15.2. The first kappa shape index (κ1) is 50.2. The van der Waals surface area contributed by atoms with E-state index in [9.17, 15) is 0 Å². The Morgan fingerprint density at radius 2 is 0.881 bits per heavy atom. The number of quaternary nitrogens is 1. The average Bonchev–Trinajstić information content (AvgIpc) is 3.32. The smallest absolute Gasteiger partial charge is 0.0961 e. The van der Waals surface area contributed by atoms with Gasteiger partial charge in [-0.25, -0.2) is 0 Å². The van der Waals surface area contributed by atoms with Gasteiger partial charge < -0.3 is 29.4 Å². The topological polar surface area (TPSA) is 25.0 Å². The second kappa shape index (κ2) is 23.5. The molecule has 0 spiro atoms. The lowest BCUT2D eigenvalue weighted by Gasteiger charge is -2.40. The van der Waals surface area contributed by atoms with Gasteiger partial charge in [-0.1, -0.05) is 132 Å². The molecule has 354 valence electrons. The first-order valence-corrected chi connectivity index (χ1v) is 26.2. The van der Waals surface area contributed by atoms with Crippen molar-refractivity contribution in [1.29, 1.82) is 0 Å². The standard InChI is InChI=1S/C21H28N2.C20H27N2S.C18H22N2S/c1-16-9-10-19(17(2)15-16)18(3)20-7-5-6-8-21(20)23-13-11-22(4)12-14-23;1-16-9-10-19(17(2)15-16)23-20-8-6-5-7-18(20)21-11-13-22(3,4)14-12-21;1-14-7-8-17(15(2)13-14)21-18-6-4-3-5-16(18)20-11-9-19-10-12-20/h5-10,15,18H,11-14H2,1-4H3;5-10,15H,11-14H2,1-4H3;3-8,13,19H,9-12H2,1-2H3/q;+1;. The Morgan fingerprint density at radius 3 is 1.39 bits per heavy atom. The minimum atomic E-state index is 0.423. The third kappa shape index (κ3) is 13.7. The quantitative estimate of drug-likeness (QED) is 0.144. The maximum absolute atomic E-state index is 3.42. The van der Waals surface area contributed by atoms with Crippen molar-refractivity contribution in [2.45, 2.75) is 74.0 Å². The van der Waals surface area contributed by atoms with Crippen LogP contribution in [0, 0.1) is 41.5 Å². The van der Waals surface area contributed by atoms with E-state index in [2.05, 4.69) is 222 Å². The van der Waals surface area contributed by atoms with Crippen LogP contribution >= 0.6 is 23.5 Å². The second-order valence-corrected chi connectivity index (χ2v) is 21.9. The summed E-state index contributed by atoms with van der Waals surface area (Å²) in [7, 11) is 6.86. The molecule has 6 aromatic carbocycles. The fourth-order valence-electron chi connectivity index (χ4n) is 9.50. The van der Waals surface area contributed by atoms with E-state index in [0.29, 0.717) is 5.92 Å². The number of para-hydroxylation sites is 3. The molecule has 0 radical (unpaired) electrons. The molecule has 6 nitrogen and oxygen atoms in total. The van der Waals surface area contributed by atoms with Crippen LogP contribution in [-0.2, 0) is 0 Å². The number of hydrogen-bond acceptors (Lipinski definition) is 7. The number of anilines is 3. The number of rotatable bonds is 9. The maximum Gasteiger partial charge on any atom is 0.0961 e. The van der Waals surface area contributed by atoms with E-state index in [1.165, 1.54) is 94.2 Å². The number of aryl methyl sites for hydroxylation is 6. The molecule has 0 aliphatic carbocycles. The van der Waals surface area contributed by atoms with Crippen LogP contribution in [-0.4, -0.2) is 109 Å². The summed E-state index contributed by atoms with van der Waals surface area (Å²) in [6.45, 7) is 29.0. The first-order chi connectivity index (χ1) is 32.2. The Morgan fingerprint density at radius 1 is 0.448 bits per heavy atom. The first-order valence-electron chi connectivity index (χ1n) is 24.5. The van der Waals surface area contributed by atoms with Gasteiger partial charge in [0.15, 0.2) is 0 Å². The van der Waals surface area contributed by atoms with Crippen molar-refractivity contribution in [3.63, 3.8) is 0 Å². The number of nitrogens with zero attached hydrogens (tertiary/aromatic N) is 5. The molecule has 0 aromatic heterocycles. The molecule has 0 amide bonds. The summed E-state index contributed by atoms with van der Waals surface area (Å²) >= 11 is 3.78. The fourth-order valence-corrected chi connectivity index (χ4v) is 11.6. The predicted octanol–water partition coefficient (Wildman–Crippen LogP) is 12.4. The Hall–Kier alpha value is -4.70. The highest BCUT2D eigenvalue weighted by molar-refractivity contribution is 7.99. The number of nitrogens with one attached hydrogen (secondary N) is 1. The van der Waals surface area contributed by atoms with E-state index in [4.69, 9.17) is 0 Å². The molecular weight excluding hydrogens is 857 g/mol. The van der Waals surface area contributed by atoms with E-state index in [1.54, 1.807) is 0 Å². The minimum absolute atomic E-state index is 0.423. The van der Waals surface area contributed by atoms with Crippen LogP contribution in [0.2, 0.25) is 0 Å². The predicted molar refractivity (Wildman–Crippen MR) is 292 cm³/mol. The molecule has 67 heavy (non-hydrogen) atoms. The third-order valence-electron chi connectivity index (χ3n) is 13.7. The second-order valence-electron chi connectivity index (χ2n) is 19.7. The van der Waals surface area contributed by atoms with Gasteiger partial charge in [0.25, 0.3) is 0 Å². The highest BCUT2D eigenvalue weighted by Crippen LogP contribution is 2.39. The molecule has 0 bridgehead atoms. The van der Waals surface area contributed by atoms with E-state index >= 15 is 0 Å². The van der Waals surface area contributed by atoms with Crippen molar-refractivity contribution in [1.82, 2.24) is 10.2 Å². The van der Waals surface area contributed by atoms with Crippen molar-refractivity contribution in [2.75, 3.05) is 114 Å². The monoisotopic (exact) mass is 934 g/mol. The normalized spacial score (nSPS) is 16.7. The zero-order valence-electron chi connectivity index (χ0n) is 42.2. The van der Waals surface area contributed by atoms with E-state index < -0.39 is 0 Å². The molecule has 1 atom stereocenters. The van der Waals surface area contributed by atoms with Gasteiger partial charge >= 0.3 is 0 Å². The lowest BCUT2D eigenvalue weighted by Crippen LogP contribution is -2.55. The van der Waals surface area contributed by atoms with Crippen LogP contribution in [0.15, 0.2) is 147 Å². The van der Waals surface area contributed by atoms with Gasteiger partial charge in [0, 0.05) is 83.5 Å². The molecule has 0 saturated carbocycles. The number of likely N-dealkylation sites (N-methyl/N-ethyl adjacent to an activating group) is 2. The molecule has 3 saturated heterocycles. The minimum Gasteiger partial charge on any atom is -0.369 e. The summed E-state index contributed by atoms with van der Waals surface area (Å²) in [4.78, 5) is 15.4. The third-order valence-corrected chi connectivity index (χ3v) is 16.2. The molecule has 3 fully saturated rings. The SMILES string of the molecule is Cc1ccc(C(C)c2ccccc2N2CCN(C)CC2)c(C)c1.Cc1ccc(Sc2ccccc2N2CCNCC2)c(C)c1.Cc1ccc(Sc2ccccc2N2CC[N+](C)(C)CC2)c(C)c1. The largest absolute Gasteiger partial charge is 0.369 e. The Labute approximate surface area is 413 Å². The van der Waals surface area contributed by atoms with E-state index in [-0.39, 0.29) is 0 Å². The summed E-state index contributed by atoms with van der Waals surface area (Å²) in [6.07, 6.45) is 0. The molecule has 3 aliphatic rings. The summed E-state index contributed by atoms with van der Waals surface area (Å²) in [5, 5.41) is 3.42. The van der Waals surface area contributed by atoms with Crippen molar-refractivity contribution in [3.05, 3.63) is 172 Å². The number of benzene rings is 6. The van der Waals surface area contributed by atoms with Crippen LogP contribution in [0.4, 0.5) is 17.1 Å². The summed E-state index contributed by atoms with van der Waals surface area (Å²) in [5.74, 6) is 0.423. The highest BCUT2D eigenvalue weighted by Gasteiger charge is 2.26. The lowest BCUT2D eigenvalue weighted by molar-refractivity contribution is -0.890. The van der Waals surface area contributed by atoms with Crippen molar-refractivity contribution in [2.24, 2.45) is 0 Å². The average molecular weight is 934 g/mol. The molecule has 9 rings (SSSR count). The Bertz CT molecular complexity index is 2530. The fraction of sp³-hybridized carbons (Fsp3) is 0.390. The zero-order chi connectivity index (χ0) is 47.5. The molecule has 3 aliphatic heterocycles. The van der Waals surface area contributed by atoms with Gasteiger partial charge in [0.05, 0.1) is 51.6 Å². The molecule has 1 unspecified atom stereocenters. The van der Waals surface area contributed by atoms with Crippen LogP contribution in [0.1, 0.15) is 57.3 Å². The van der Waals surface area contributed by atoms with Gasteiger partial charge in [0.1, 0.15) is 0 Å². The Balaban J connectivity index is 0.000000149. The van der Waals surface area contributed by atoms with Crippen molar-refractivity contribution >= 4 is 40.6 Å². The number of piperazine rings is 3. The Kier molecular flexibility index (Phi) is 17.6. The van der Waals surface area contributed by atoms with Crippen molar-refractivity contribution in [3.8, 4) is 0 Å². The van der Waals surface area contributed by atoms with E-state index in [1.807, 2.05) is 23.5 Å². The molecule has 3 heterocycles. The molecule has 6 aromatic rings. The maximum atomic E-state index is 3.42. The lowest BCUT2D eigenvalue weighted by atomic mass is 9.88.